The van der Waals surface area contributed by atoms with Crippen LogP contribution in [-0.2, 0) is 34.1 Å². The maximum Gasteiger partial charge on any atom is 0.250 e. The average molecular weight is 386 g/mol. The maximum atomic E-state index is 11.9. The number of hydrogen-bond acceptors (Lipinski definition) is 6. The van der Waals surface area contributed by atoms with Gasteiger partial charge in [-0.2, -0.15) is 0 Å². The third-order valence-corrected chi connectivity index (χ3v) is 7.75. The van der Waals surface area contributed by atoms with Crippen molar-refractivity contribution in [2.24, 2.45) is 0 Å². The molecule has 1 aliphatic rings. The minimum absolute atomic E-state index is 0.212. The Kier molecular flexibility index (Phi) is 5.65. The van der Waals surface area contributed by atoms with Crippen molar-refractivity contribution >= 4 is 38.6 Å². The molecule has 9 heteroatoms. The maximum absolute atomic E-state index is 11.9. The van der Waals surface area contributed by atoms with Gasteiger partial charge in [0.15, 0.2) is 0 Å². The molecule has 2 heterocycles. The minimum Gasteiger partial charge on any atom is -0.355 e. The van der Waals surface area contributed by atoms with Gasteiger partial charge >= 0.3 is 0 Å². The molecule has 0 atom stereocenters. The lowest BCUT2D eigenvalue weighted by molar-refractivity contribution is -0.119. The summed E-state index contributed by atoms with van der Waals surface area (Å²) in [6, 6.07) is 3.17. The molecule has 1 aliphatic carbocycles. The Morgan fingerprint density at radius 3 is 2.88 bits per heavy atom. The number of nitrogens with one attached hydrogen (secondary N) is 2. The molecule has 0 aliphatic heterocycles. The lowest BCUT2D eigenvalue weighted by atomic mass is 10.0. The van der Waals surface area contributed by atoms with Crippen molar-refractivity contribution in [1.82, 2.24) is 15.0 Å². The second-order valence-corrected chi connectivity index (χ2v) is 9.65. The van der Waals surface area contributed by atoms with Gasteiger partial charge in [-0.3, -0.25) is 4.79 Å². The molecule has 1 amide bonds. The smallest absolute Gasteiger partial charge is 0.250 e. The Morgan fingerprint density at radius 2 is 2.12 bits per heavy atom. The van der Waals surface area contributed by atoms with Crippen LogP contribution in [0.1, 0.15) is 28.4 Å². The molecule has 0 radical (unpaired) electrons. The lowest BCUT2D eigenvalue weighted by Gasteiger charge is -2.06. The fourth-order valence-corrected chi connectivity index (χ4v) is 5.71. The number of carbonyl (C=O) groups excluding carboxylic acids is 1. The SMILES string of the molecule is O=C(CNS(=O)(=O)c1cccs1)NCCc1nc2c(s1)CCCC2. The van der Waals surface area contributed by atoms with Gasteiger partial charge in [-0.25, -0.2) is 18.1 Å². The summed E-state index contributed by atoms with van der Waals surface area (Å²) in [7, 11) is -3.59. The van der Waals surface area contributed by atoms with Crippen LogP contribution in [-0.4, -0.2) is 32.4 Å². The second kappa shape index (κ2) is 7.73. The summed E-state index contributed by atoms with van der Waals surface area (Å²) in [4.78, 5) is 17.8. The molecule has 0 bridgehead atoms. The van der Waals surface area contributed by atoms with Crippen molar-refractivity contribution in [3.05, 3.63) is 33.1 Å². The summed E-state index contributed by atoms with van der Waals surface area (Å²) in [5.74, 6) is -0.337. The molecule has 0 saturated heterocycles. The van der Waals surface area contributed by atoms with E-state index in [-0.39, 0.29) is 16.7 Å². The number of fused-ring (bicyclic) bond motifs is 1. The van der Waals surface area contributed by atoms with E-state index in [0.717, 1.165) is 29.2 Å². The molecular weight excluding hydrogens is 366 g/mol. The van der Waals surface area contributed by atoms with E-state index in [4.69, 9.17) is 0 Å². The summed E-state index contributed by atoms with van der Waals surface area (Å²) in [5, 5.41) is 5.46. The number of carbonyl (C=O) groups is 1. The number of thiophene rings is 1. The van der Waals surface area contributed by atoms with Crippen LogP contribution in [0.4, 0.5) is 0 Å². The number of amides is 1. The van der Waals surface area contributed by atoms with Crippen LogP contribution in [0.25, 0.3) is 0 Å². The lowest BCUT2D eigenvalue weighted by Crippen LogP contribution is -2.37. The van der Waals surface area contributed by atoms with Crippen molar-refractivity contribution in [1.29, 1.82) is 0 Å². The first-order chi connectivity index (χ1) is 11.5. The summed E-state index contributed by atoms with van der Waals surface area (Å²) < 4.78 is 26.4. The Labute approximate surface area is 149 Å². The molecule has 0 saturated carbocycles. The third kappa shape index (κ3) is 4.41. The van der Waals surface area contributed by atoms with Crippen molar-refractivity contribution < 1.29 is 13.2 Å². The number of nitrogens with zero attached hydrogens (tertiary/aromatic N) is 1. The number of hydrogen-bond donors (Lipinski definition) is 2. The van der Waals surface area contributed by atoms with Crippen molar-refractivity contribution in [2.75, 3.05) is 13.1 Å². The number of aromatic nitrogens is 1. The highest BCUT2D eigenvalue weighted by Crippen LogP contribution is 2.26. The van der Waals surface area contributed by atoms with E-state index in [1.54, 1.807) is 22.8 Å². The van der Waals surface area contributed by atoms with E-state index in [2.05, 4.69) is 15.0 Å². The first-order valence-electron chi connectivity index (χ1n) is 7.82. The highest BCUT2D eigenvalue weighted by molar-refractivity contribution is 7.91. The van der Waals surface area contributed by atoms with Crippen LogP contribution in [0.2, 0.25) is 0 Å². The highest BCUT2D eigenvalue weighted by atomic mass is 32.2. The topological polar surface area (TPSA) is 88.2 Å². The van der Waals surface area contributed by atoms with Gasteiger partial charge in [0.1, 0.15) is 4.21 Å². The van der Waals surface area contributed by atoms with E-state index in [0.29, 0.717) is 13.0 Å². The Morgan fingerprint density at radius 1 is 1.29 bits per heavy atom. The predicted molar refractivity (Wildman–Crippen MR) is 95.0 cm³/mol. The Hall–Kier alpha value is -1.29. The van der Waals surface area contributed by atoms with Gasteiger partial charge in [-0.1, -0.05) is 6.07 Å². The molecule has 3 rings (SSSR count). The largest absolute Gasteiger partial charge is 0.355 e. The highest BCUT2D eigenvalue weighted by Gasteiger charge is 2.17. The van der Waals surface area contributed by atoms with Crippen LogP contribution in [0.5, 0.6) is 0 Å². The van der Waals surface area contributed by atoms with Crippen LogP contribution in [0, 0.1) is 0 Å². The van der Waals surface area contributed by atoms with Gasteiger partial charge in [0.25, 0.3) is 10.0 Å². The summed E-state index contributed by atoms with van der Waals surface area (Å²) in [6.07, 6.45) is 5.29. The van der Waals surface area contributed by atoms with Gasteiger partial charge in [-0.15, -0.1) is 22.7 Å². The molecule has 0 aromatic carbocycles. The average Bonchev–Trinajstić information content (AvgIpc) is 3.22. The zero-order valence-electron chi connectivity index (χ0n) is 13.1. The fraction of sp³-hybridized carbons (Fsp3) is 0.467. The van der Waals surface area contributed by atoms with E-state index in [9.17, 15) is 13.2 Å². The standard InChI is InChI=1S/C15H19N3O3S3/c19-13(10-17-24(20,21)15-6-3-9-22-15)16-8-7-14-18-11-4-1-2-5-12(11)23-14/h3,6,9,17H,1-2,4-5,7-8,10H2,(H,16,19). The first-order valence-corrected chi connectivity index (χ1v) is 11.0. The quantitative estimate of drug-likeness (QED) is 0.760. The van der Waals surface area contributed by atoms with Crippen LogP contribution in [0.15, 0.2) is 21.7 Å². The molecule has 130 valence electrons. The zero-order valence-corrected chi connectivity index (χ0v) is 15.5. The molecule has 24 heavy (non-hydrogen) atoms. The van der Waals surface area contributed by atoms with Crippen LogP contribution >= 0.6 is 22.7 Å². The first kappa shape index (κ1) is 17.5. The van der Waals surface area contributed by atoms with Gasteiger partial charge in [-0.05, 0) is 37.1 Å². The van der Waals surface area contributed by atoms with Crippen molar-refractivity contribution in [2.45, 2.75) is 36.3 Å². The number of thiazole rings is 1. The fourth-order valence-electron chi connectivity index (χ4n) is 2.53. The molecule has 2 N–H and O–H groups in total. The van der Waals surface area contributed by atoms with E-state index in [1.165, 1.54) is 29.5 Å². The second-order valence-electron chi connectivity index (χ2n) is 5.54. The number of rotatable bonds is 7. The van der Waals surface area contributed by atoms with Gasteiger partial charge in [0.05, 0.1) is 17.2 Å². The number of aryl methyl sites for hydroxylation is 2. The van der Waals surface area contributed by atoms with E-state index >= 15 is 0 Å². The van der Waals surface area contributed by atoms with Crippen LogP contribution < -0.4 is 10.0 Å². The molecule has 0 fully saturated rings. The molecule has 6 nitrogen and oxygen atoms in total. The monoisotopic (exact) mass is 385 g/mol. The summed E-state index contributed by atoms with van der Waals surface area (Å²) in [6.45, 7) is 0.209. The van der Waals surface area contributed by atoms with Crippen LogP contribution in [0.3, 0.4) is 0 Å². The summed E-state index contributed by atoms with van der Waals surface area (Å²) in [5.41, 5.74) is 1.22. The molecule has 2 aromatic heterocycles. The van der Waals surface area contributed by atoms with Crippen molar-refractivity contribution in [3.63, 3.8) is 0 Å². The van der Waals surface area contributed by atoms with E-state index in [1.807, 2.05) is 0 Å². The molecular formula is C15H19N3O3S3. The van der Waals surface area contributed by atoms with Gasteiger partial charge < -0.3 is 5.32 Å². The van der Waals surface area contributed by atoms with Gasteiger partial charge in [0.2, 0.25) is 5.91 Å². The Balaban J connectivity index is 1.42. The normalized spacial score (nSPS) is 14.3. The molecule has 2 aromatic rings. The minimum atomic E-state index is -3.59. The predicted octanol–water partition coefficient (Wildman–Crippen LogP) is 1.72. The zero-order chi connectivity index (χ0) is 17.0. The Bertz CT molecular complexity index is 774. The van der Waals surface area contributed by atoms with E-state index < -0.39 is 10.0 Å². The molecule has 0 unspecified atom stereocenters. The number of sulfonamides is 1. The molecule has 0 spiro atoms. The van der Waals surface area contributed by atoms with Crippen molar-refractivity contribution in [3.8, 4) is 0 Å². The third-order valence-electron chi connectivity index (χ3n) is 3.73. The van der Waals surface area contributed by atoms with Gasteiger partial charge in [0, 0.05) is 17.8 Å². The summed E-state index contributed by atoms with van der Waals surface area (Å²) >= 11 is 2.85.